The lowest BCUT2D eigenvalue weighted by atomic mass is 10.0. The Kier molecular flexibility index (Phi) is 5.33. The molecular formula is C23H18F3N3O4S. The van der Waals surface area contributed by atoms with Crippen molar-refractivity contribution < 1.29 is 31.4 Å². The Bertz CT molecular complexity index is 1500. The van der Waals surface area contributed by atoms with Gasteiger partial charge in [0.05, 0.1) is 17.1 Å². The van der Waals surface area contributed by atoms with Crippen molar-refractivity contribution >= 4 is 20.9 Å². The molecule has 7 nitrogen and oxygen atoms in total. The first-order valence-electron chi connectivity index (χ1n) is 10.2. The van der Waals surface area contributed by atoms with Crippen molar-refractivity contribution in [1.29, 1.82) is 0 Å². The molecule has 0 fully saturated rings. The summed E-state index contributed by atoms with van der Waals surface area (Å²) in [7, 11) is -3.51. The predicted octanol–water partition coefficient (Wildman–Crippen LogP) is 4.27. The standard InChI is InChI=1S/C23H18F3N3O4S/c1-34(31,32)21-7-6-12(11-27-21)14-8-18-16(9-15(14)24)28-22-19(30)10-17(29(18)22)13-4-2-3-5-20(13)33-23(25)26/h2-9,11,17,19,23,30H,10H2,1H3/t17?,19-/m0/s1. The van der Waals surface area contributed by atoms with Crippen molar-refractivity contribution in [2.75, 3.05) is 6.26 Å². The van der Waals surface area contributed by atoms with Crippen LogP contribution in [0.2, 0.25) is 0 Å². The fraction of sp³-hybridized carbons (Fsp3) is 0.217. The minimum absolute atomic E-state index is 0.0210. The molecular weight excluding hydrogens is 471 g/mol. The van der Waals surface area contributed by atoms with Gasteiger partial charge in [0, 0.05) is 41.6 Å². The number of aromatic nitrogens is 3. The molecule has 11 heteroatoms. The molecule has 176 valence electrons. The van der Waals surface area contributed by atoms with Gasteiger partial charge in [0.1, 0.15) is 23.5 Å². The van der Waals surface area contributed by atoms with Gasteiger partial charge in [-0.3, -0.25) is 0 Å². The number of rotatable bonds is 5. The highest BCUT2D eigenvalue weighted by Crippen LogP contribution is 2.44. The van der Waals surface area contributed by atoms with E-state index in [1.807, 2.05) is 0 Å². The highest BCUT2D eigenvalue weighted by atomic mass is 32.2. The summed E-state index contributed by atoms with van der Waals surface area (Å²) in [6, 6.07) is 11.2. The van der Waals surface area contributed by atoms with Crippen LogP contribution in [0, 0.1) is 5.82 Å². The zero-order valence-electron chi connectivity index (χ0n) is 17.7. The number of fused-ring (bicyclic) bond motifs is 3. The number of pyridine rings is 1. The first kappa shape index (κ1) is 22.4. The third-order valence-corrected chi connectivity index (χ3v) is 6.78. The number of halogens is 3. The summed E-state index contributed by atoms with van der Waals surface area (Å²) >= 11 is 0. The second kappa shape index (κ2) is 8.10. The van der Waals surface area contributed by atoms with Crippen molar-refractivity contribution in [3.63, 3.8) is 0 Å². The molecule has 34 heavy (non-hydrogen) atoms. The maximum absolute atomic E-state index is 15.0. The third-order valence-electron chi connectivity index (χ3n) is 5.78. The second-order valence-corrected chi connectivity index (χ2v) is 9.96. The molecule has 3 heterocycles. The van der Waals surface area contributed by atoms with E-state index in [1.54, 1.807) is 22.8 Å². The fourth-order valence-electron chi connectivity index (χ4n) is 4.32. The molecule has 0 saturated heterocycles. The van der Waals surface area contributed by atoms with Crippen LogP contribution in [-0.2, 0) is 9.84 Å². The van der Waals surface area contributed by atoms with Gasteiger partial charge in [-0.1, -0.05) is 18.2 Å². The number of ether oxygens (including phenoxy) is 1. The maximum atomic E-state index is 15.0. The third kappa shape index (κ3) is 3.80. The van der Waals surface area contributed by atoms with Gasteiger partial charge in [0.25, 0.3) is 0 Å². The number of hydrogen-bond acceptors (Lipinski definition) is 6. The zero-order chi connectivity index (χ0) is 24.2. The summed E-state index contributed by atoms with van der Waals surface area (Å²) in [5, 5.41) is 10.5. The van der Waals surface area contributed by atoms with E-state index in [0.29, 0.717) is 16.6 Å². The number of para-hydroxylation sites is 1. The lowest BCUT2D eigenvalue weighted by Crippen LogP contribution is -2.10. The molecule has 1 unspecified atom stereocenters. The Labute approximate surface area is 192 Å². The van der Waals surface area contributed by atoms with Gasteiger partial charge >= 0.3 is 6.61 Å². The number of hydrogen-bond donors (Lipinski definition) is 1. The Morgan fingerprint density at radius 2 is 1.94 bits per heavy atom. The van der Waals surface area contributed by atoms with Crippen LogP contribution in [0.4, 0.5) is 13.2 Å². The minimum Gasteiger partial charge on any atom is -0.434 e. The molecule has 0 bridgehead atoms. The van der Waals surface area contributed by atoms with Gasteiger partial charge in [-0.05, 0) is 24.3 Å². The largest absolute Gasteiger partial charge is 0.434 e. The molecule has 0 spiro atoms. The molecule has 2 aromatic carbocycles. The molecule has 0 radical (unpaired) electrons. The van der Waals surface area contributed by atoms with E-state index in [9.17, 15) is 26.7 Å². The average Bonchev–Trinajstić information content (AvgIpc) is 3.29. The molecule has 0 saturated carbocycles. The van der Waals surface area contributed by atoms with E-state index in [0.717, 1.165) is 6.26 Å². The second-order valence-electron chi connectivity index (χ2n) is 8.00. The fourth-order valence-corrected chi connectivity index (χ4v) is 4.88. The van der Waals surface area contributed by atoms with Crippen LogP contribution in [0.15, 0.2) is 59.8 Å². The van der Waals surface area contributed by atoms with Crippen molar-refractivity contribution in [3.05, 3.63) is 71.9 Å². The van der Waals surface area contributed by atoms with Crippen molar-refractivity contribution in [1.82, 2.24) is 14.5 Å². The molecule has 1 aliphatic heterocycles. The first-order valence-corrected chi connectivity index (χ1v) is 12.1. The highest BCUT2D eigenvalue weighted by Gasteiger charge is 2.36. The predicted molar refractivity (Wildman–Crippen MR) is 117 cm³/mol. The number of aliphatic hydroxyl groups is 1. The maximum Gasteiger partial charge on any atom is 0.387 e. The van der Waals surface area contributed by atoms with E-state index in [-0.39, 0.29) is 34.1 Å². The number of nitrogens with zero attached hydrogens (tertiary/aromatic N) is 3. The zero-order valence-corrected chi connectivity index (χ0v) is 18.5. The summed E-state index contributed by atoms with van der Waals surface area (Å²) in [6.45, 7) is -3.02. The minimum atomic E-state index is -3.51. The molecule has 2 atom stereocenters. The first-order chi connectivity index (χ1) is 16.1. The number of aliphatic hydroxyl groups excluding tert-OH is 1. The van der Waals surface area contributed by atoms with Gasteiger partial charge in [-0.25, -0.2) is 22.8 Å². The van der Waals surface area contributed by atoms with Crippen molar-refractivity contribution in [3.8, 4) is 16.9 Å². The molecule has 0 amide bonds. The summed E-state index contributed by atoms with van der Waals surface area (Å²) in [6.07, 6.45) is 1.48. The Hall–Kier alpha value is -3.44. The van der Waals surface area contributed by atoms with Crippen molar-refractivity contribution in [2.24, 2.45) is 0 Å². The van der Waals surface area contributed by atoms with Gasteiger partial charge in [-0.2, -0.15) is 8.78 Å². The van der Waals surface area contributed by atoms with Crippen LogP contribution < -0.4 is 4.74 Å². The summed E-state index contributed by atoms with van der Waals surface area (Å²) in [4.78, 5) is 8.29. The van der Waals surface area contributed by atoms with Crippen LogP contribution in [0.1, 0.15) is 30.0 Å². The lowest BCUT2D eigenvalue weighted by molar-refractivity contribution is -0.0507. The van der Waals surface area contributed by atoms with Crippen LogP contribution in [0.5, 0.6) is 5.75 Å². The van der Waals surface area contributed by atoms with E-state index in [4.69, 9.17) is 0 Å². The number of sulfone groups is 1. The molecule has 0 aliphatic carbocycles. The Morgan fingerprint density at radius 3 is 2.62 bits per heavy atom. The Morgan fingerprint density at radius 1 is 1.18 bits per heavy atom. The monoisotopic (exact) mass is 489 g/mol. The smallest absolute Gasteiger partial charge is 0.387 e. The van der Waals surface area contributed by atoms with Crippen LogP contribution in [0.3, 0.4) is 0 Å². The average molecular weight is 489 g/mol. The number of benzene rings is 2. The Balaban J connectivity index is 1.65. The normalized spacial score (nSPS) is 17.9. The van der Waals surface area contributed by atoms with Gasteiger partial charge in [-0.15, -0.1) is 0 Å². The van der Waals surface area contributed by atoms with E-state index in [1.165, 1.54) is 36.5 Å². The van der Waals surface area contributed by atoms with Crippen LogP contribution >= 0.6 is 0 Å². The van der Waals surface area contributed by atoms with E-state index >= 15 is 0 Å². The van der Waals surface area contributed by atoms with Crippen molar-refractivity contribution in [2.45, 2.75) is 30.2 Å². The highest BCUT2D eigenvalue weighted by molar-refractivity contribution is 7.90. The van der Waals surface area contributed by atoms with E-state index < -0.39 is 34.4 Å². The quantitative estimate of drug-likeness (QED) is 0.450. The number of alkyl halides is 2. The molecule has 5 rings (SSSR count). The molecule has 1 aliphatic rings. The molecule has 4 aromatic rings. The van der Waals surface area contributed by atoms with E-state index in [2.05, 4.69) is 14.7 Å². The van der Waals surface area contributed by atoms with Gasteiger partial charge < -0.3 is 14.4 Å². The molecule has 1 N–H and O–H groups in total. The summed E-state index contributed by atoms with van der Waals surface area (Å²) in [5.74, 6) is -0.341. The lowest BCUT2D eigenvalue weighted by Gasteiger charge is -2.19. The van der Waals surface area contributed by atoms with Gasteiger partial charge in [0.15, 0.2) is 14.9 Å². The SMILES string of the molecule is CS(=O)(=O)c1ccc(-c2cc3c(cc2F)nc2n3C(c3ccccc3OC(F)F)C[C@@H]2O)cn1. The topological polar surface area (TPSA) is 94.3 Å². The number of imidazole rings is 1. The van der Waals surface area contributed by atoms with Crippen LogP contribution in [0.25, 0.3) is 22.2 Å². The van der Waals surface area contributed by atoms with Crippen LogP contribution in [-0.4, -0.2) is 40.9 Å². The summed E-state index contributed by atoms with van der Waals surface area (Å²) < 4.78 is 70.6. The van der Waals surface area contributed by atoms with Gasteiger partial charge in [0.2, 0.25) is 0 Å². The summed E-state index contributed by atoms with van der Waals surface area (Å²) in [5.41, 5.74) is 1.70. The molecule has 2 aromatic heterocycles.